The zero-order valence-electron chi connectivity index (χ0n) is 11.9. The van der Waals surface area contributed by atoms with Crippen LogP contribution in [0, 0.1) is 0 Å². The predicted molar refractivity (Wildman–Crippen MR) is 82.5 cm³/mol. The van der Waals surface area contributed by atoms with Gasteiger partial charge in [-0.1, -0.05) is 29.3 Å². The van der Waals surface area contributed by atoms with E-state index in [0.29, 0.717) is 10.0 Å². The van der Waals surface area contributed by atoms with Gasteiger partial charge in [0.15, 0.2) is 0 Å². The van der Waals surface area contributed by atoms with Gasteiger partial charge in [-0.3, -0.25) is 9.59 Å². The third-order valence-electron chi connectivity index (χ3n) is 2.88. The highest BCUT2D eigenvalue weighted by atomic mass is 35.5. The first-order valence-electron chi connectivity index (χ1n) is 6.46. The smallest absolute Gasteiger partial charge is 0.307 e. The number of carbonyl (C=O) groups excluding carboxylic acids is 2. The van der Waals surface area contributed by atoms with Crippen LogP contribution < -0.4 is 10.6 Å². The zero-order valence-corrected chi connectivity index (χ0v) is 13.4. The Labute approximate surface area is 133 Å². The van der Waals surface area contributed by atoms with Gasteiger partial charge in [0, 0.05) is 22.6 Å². The summed E-state index contributed by atoms with van der Waals surface area (Å²) in [7, 11) is 1.31. The van der Waals surface area contributed by atoms with Crippen LogP contribution >= 0.6 is 23.2 Å². The Bertz CT molecular complexity index is 509. The fourth-order valence-electron chi connectivity index (χ4n) is 1.68. The Morgan fingerprint density at radius 2 is 2.05 bits per heavy atom. The molecule has 0 bridgehead atoms. The van der Waals surface area contributed by atoms with Crippen molar-refractivity contribution in [3.8, 4) is 0 Å². The second kappa shape index (κ2) is 8.87. The molecular weight excluding hydrogens is 315 g/mol. The molecule has 0 saturated carbocycles. The zero-order chi connectivity index (χ0) is 15.8. The van der Waals surface area contributed by atoms with Crippen molar-refractivity contribution in [2.24, 2.45) is 0 Å². The number of hydrogen-bond donors (Lipinski definition) is 2. The topological polar surface area (TPSA) is 67.4 Å². The number of amides is 1. The molecule has 1 atom stereocenters. The first-order valence-corrected chi connectivity index (χ1v) is 7.21. The molecule has 1 rings (SSSR count). The van der Waals surface area contributed by atoms with Crippen molar-refractivity contribution >= 4 is 35.1 Å². The standard InChI is InChI=1S/C14H18Cl2N2O3/c1-9(11-4-3-10(15)7-12(11)16)18-8-13(19)17-6-5-14(20)21-2/h3-4,7,9,18H,5-6,8H2,1-2H3,(H,17,19). The molecule has 0 heterocycles. The molecule has 0 radical (unpaired) electrons. The van der Waals surface area contributed by atoms with Gasteiger partial charge in [0.05, 0.1) is 20.1 Å². The molecule has 5 nitrogen and oxygen atoms in total. The van der Waals surface area contributed by atoms with Gasteiger partial charge in [-0.05, 0) is 24.6 Å². The van der Waals surface area contributed by atoms with Crippen LogP contribution in [0.4, 0.5) is 0 Å². The summed E-state index contributed by atoms with van der Waals surface area (Å²) in [6.45, 7) is 2.28. The first-order chi connectivity index (χ1) is 9.93. The monoisotopic (exact) mass is 332 g/mol. The van der Waals surface area contributed by atoms with E-state index in [4.69, 9.17) is 23.2 Å². The van der Waals surface area contributed by atoms with E-state index < -0.39 is 0 Å². The SMILES string of the molecule is COC(=O)CCNC(=O)CNC(C)c1ccc(Cl)cc1Cl. The van der Waals surface area contributed by atoms with Gasteiger partial charge in [-0.25, -0.2) is 0 Å². The van der Waals surface area contributed by atoms with Crippen molar-refractivity contribution in [3.63, 3.8) is 0 Å². The Balaban J connectivity index is 2.37. The molecule has 0 aromatic heterocycles. The number of rotatable bonds is 7. The van der Waals surface area contributed by atoms with Crippen molar-refractivity contribution in [3.05, 3.63) is 33.8 Å². The van der Waals surface area contributed by atoms with E-state index in [1.54, 1.807) is 12.1 Å². The van der Waals surface area contributed by atoms with E-state index in [1.165, 1.54) is 7.11 Å². The van der Waals surface area contributed by atoms with Crippen LogP contribution in [0.3, 0.4) is 0 Å². The molecule has 1 aromatic carbocycles. The van der Waals surface area contributed by atoms with Gasteiger partial charge < -0.3 is 15.4 Å². The quantitative estimate of drug-likeness (QED) is 0.752. The lowest BCUT2D eigenvalue weighted by molar-refractivity contribution is -0.140. The van der Waals surface area contributed by atoms with Gasteiger partial charge in [-0.2, -0.15) is 0 Å². The number of halogens is 2. The maximum absolute atomic E-state index is 11.6. The summed E-state index contributed by atoms with van der Waals surface area (Å²) < 4.78 is 4.48. The highest BCUT2D eigenvalue weighted by Crippen LogP contribution is 2.25. The number of benzene rings is 1. The Morgan fingerprint density at radius 1 is 1.33 bits per heavy atom. The number of ether oxygens (including phenoxy) is 1. The van der Waals surface area contributed by atoms with Gasteiger partial charge in [0.2, 0.25) is 5.91 Å². The second-order valence-corrected chi connectivity index (χ2v) is 5.29. The maximum Gasteiger partial charge on any atom is 0.307 e. The minimum Gasteiger partial charge on any atom is -0.469 e. The number of hydrogen-bond acceptors (Lipinski definition) is 4. The van der Waals surface area contributed by atoms with Crippen molar-refractivity contribution in [2.45, 2.75) is 19.4 Å². The van der Waals surface area contributed by atoms with Crippen LogP contribution in [0.15, 0.2) is 18.2 Å². The van der Waals surface area contributed by atoms with Crippen molar-refractivity contribution in [2.75, 3.05) is 20.2 Å². The fourth-order valence-corrected chi connectivity index (χ4v) is 2.25. The molecule has 7 heteroatoms. The van der Waals surface area contributed by atoms with E-state index in [2.05, 4.69) is 15.4 Å². The predicted octanol–water partition coefficient (Wildman–Crippen LogP) is 2.32. The normalized spacial score (nSPS) is 11.8. The Hall–Kier alpha value is -1.30. The third-order valence-corrected chi connectivity index (χ3v) is 3.44. The lowest BCUT2D eigenvalue weighted by atomic mass is 10.1. The lowest BCUT2D eigenvalue weighted by Gasteiger charge is -2.15. The van der Waals surface area contributed by atoms with Gasteiger partial charge in [0.1, 0.15) is 0 Å². The average molecular weight is 333 g/mol. The summed E-state index contributed by atoms with van der Waals surface area (Å²) in [4.78, 5) is 22.5. The van der Waals surface area contributed by atoms with Crippen LogP contribution in [0.2, 0.25) is 10.0 Å². The molecule has 0 spiro atoms. The van der Waals surface area contributed by atoms with E-state index in [9.17, 15) is 9.59 Å². The van der Waals surface area contributed by atoms with E-state index in [-0.39, 0.29) is 37.4 Å². The number of esters is 1. The highest BCUT2D eigenvalue weighted by molar-refractivity contribution is 6.35. The van der Waals surface area contributed by atoms with E-state index >= 15 is 0 Å². The van der Waals surface area contributed by atoms with Gasteiger partial charge in [0.25, 0.3) is 0 Å². The molecular formula is C14H18Cl2N2O3. The van der Waals surface area contributed by atoms with Crippen LogP contribution in [0.5, 0.6) is 0 Å². The van der Waals surface area contributed by atoms with Crippen molar-refractivity contribution < 1.29 is 14.3 Å². The number of methoxy groups -OCH3 is 1. The maximum atomic E-state index is 11.6. The molecule has 1 aromatic rings. The molecule has 116 valence electrons. The summed E-state index contributed by atoms with van der Waals surface area (Å²) in [5.74, 6) is -0.555. The van der Waals surface area contributed by atoms with Crippen molar-refractivity contribution in [1.29, 1.82) is 0 Å². The molecule has 1 amide bonds. The van der Waals surface area contributed by atoms with Crippen LogP contribution in [0.1, 0.15) is 24.9 Å². The number of nitrogens with one attached hydrogen (secondary N) is 2. The molecule has 1 unspecified atom stereocenters. The lowest BCUT2D eigenvalue weighted by Crippen LogP contribution is -2.36. The highest BCUT2D eigenvalue weighted by Gasteiger charge is 2.11. The van der Waals surface area contributed by atoms with Crippen LogP contribution in [-0.2, 0) is 14.3 Å². The Kier molecular flexibility index (Phi) is 7.50. The van der Waals surface area contributed by atoms with Gasteiger partial charge in [-0.15, -0.1) is 0 Å². The minimum atomic E-state index is -0.357. The van der Waals surface area contributed by atoms with E-state index in [1.807, 2.05) is 13.0 Å². The summed E-state index contributed by atoms with van der Waals surface area (Å²) in [6, 6.07) is 5.13. The molecule has 0 fully saturated rings. The average Bonchev–Trinajstić information content (AvgIpc) is 2.44. The largest absolute Gasteiger partial charge is 0.469 e. The summed E-state index contributed by atoms with van der Waals surface area (Å²) in [5, 5.41) is 6.79. The molecule has 0 aliphatic heterocycles. The van der Waals surface area contributed by atoms with Crippen molar-refractivity contribution in [1.82, 2.24) is 10.6 Å². The fraction of sp³-hybridized carbons (Fsp3) is 0.429. The molecule has 0 aliphatic rings. The molecule has 0 aliphatic carbocycles. The molecule has 2 N–H and O–H groups in total. The summed E-state index contributed by atoms with van der Waals surface area (Å²) in [5.41, 5.74) is 0.864. The van der Waals surface area contributed by atoms with Gasteiger partial charge >= 0.3 is 5.97 Å². The van der Waals surface area contributed by atoms with E-state index in [0.717, 1.165) is 5.56 Å². The Morgan fingerprint density at radius 3 is 2.67 bits per heavy atom. The van der Waals surface area contributed by atoms with Crippen LogP contribution in [0.25, 0.3) is 0 Å². The third kappa shape index (κ3) is 6.33. The molecule has 21 heavy (non-hydrogen) atoms. The summed E-state index contributed by atoms with van der Waals surface area (Å²) in [6.07, 6.45) is 0.154. The summed E-state index contributed by atoms with van der Waals surface area (Å²) >= 11 is 11.9. The first kappa shape index (κ1) is 17.8. The number of carbonyl (C=O) groups is 2. The minimum absolute atomic E-state index is 0.0962. The van der Waals surface area contributed by atoms with Crippen LogP contribution in [-0.4, -0.2) is 32.1 Å². The molecule has 0 saturated heterocycles. The second-order valence-electron chi connectivity index (χ2n) is 4.44.